The summed E-state index contributed by atoms with van der Waals surface area (Å²) in [5, 5.41) is 0. The summed E-state index contributed by atoms with van der Waals surface area (Å²) >= 11 is 4.97. The van der Waals surface area contributed by atoms with Crippen LogP contribution in [0.1, 0.15) is 24.3 Å². The van der Waals surface area contributed by atoms with E-state index in [1.807, 2.05) is 13.0 Å². The average molecular weight is 349 g/mol. The van der Waals surface area contributed by atoms with E-state index in [-0.39, 0.29) is 13.2 Å². The van der Waals surface area contributed by atoms with Gasteiger partial charge in [-0.3, -0.25) is 9.59 Å². The Kier molecular flexibility index (Phi) is 6.51. The van der Waals surface area contributed by atoms with E-state index in [2.05, 4.69) is 15.9 Å². The largest absolute Gasteiger partial charge is 0.465 e. The third-order valence-corrected chi connectivity index (χ3v) is 4.15. The number of thiophene rings is 1. The van der Waals surface area contributed by atoms with Crippen molar-refractivity contribution >= 4 is 39.2 Å². The van der Waals surface area contributed by atoms with Crippen LogP contribution in [0.15, 0.2) is 9.85 Å². The number of rotatable bonds is 6. The average Bonchev–Trinajstić information content (AvgIpc) is 2.65. The minimum atomic E-state index is -0.889. The highest BCUT2D eigenvalue weighted by molar-refractivity contribution is 9.11. The Morgan fingerprint density at radius 3 is 2.16 bits per heavy atom. The highest BCUT2D eigenvalue weighted by atomic mass is 79.9. The SMILES string of the molecule is CCOC(=O)C(Cc1cc(Br)sc1C)C(=O)OCC. The molecular weight excluding hydrogens is 332 g/mol. The van der Waals surface area contributed by atoms with Crippen molar-refractivity contribution in [2.75, 3.05) is 13.2 Å². The maximum Gasteiger partial charge on any atom is 0.320 e. The van der Waals surface area contributed by atoms with Gasteiger partial charge in [-0.2, -0.15) is 0 Å². The first-order valence-electron chi connectivity index (χ1n) is 6.07. The highest BCUT2D eigenvalue weighted by Gasteiger charge is 2.30. The molecule has 6 heteroatoms. The van der Waals surface area contributed by atoms with Crippen LogP contribution in [0.3, 0.4) is 0 Å². The van der Waals surface area contributed by atoms with Gasteiger partial charge in [0, 0.05) is 4.88 Å². The number of hydrogen-bond donors (Lipinski definition) is 0. The van der Waals surface area contributed by atoms with Crippen LogP contribution in [-0.2, 0) is 25.5 Å². The van der Waals surface area contributed by atoms with E-state index in [1.165, 1.54) is 0 Å². The third-order valence-electron chi connectivity index (χ3n) is 2.56. The molecule has 4 nitrogen and oxygen atoms in total. The molecule has 0 spiro atoms. The smallest absolute Gasteiger partial charge is 0.320 e. The molecule has 106 valence electrons. The summed E-state index contributed by atoms with van der Waals surface area (Å²) in [4.78, 5) is 24.8. The van der Waals surface area contributed by atoms with Crippen LogP contribution < -0.4 is 0 Å². The summed E-state index contributed by atoms with van der Waals surface area (Å²) in [5.41, 5.74) is 0.961. The van der Waals surface area contributed by atoms with Crippen LogP contribution in [0.4, 0.5) is 0 Å². The molecule has 0 atom stereocenters. The van der Waals surface area contributed by atoms with Gasteiger partial charge in [0.15, 0.2) is 5.92 Å². The molecule has 1 aromatic heterocycles. The molecule has 1 rings (SSSR count). The van der Waals surface area contributed by atoms with Gasteiger partial charge < -0.3 is 9.47 Å². The van der Waals surface area contributed by atoms with Gasteiger partial charge in [-0.15, -0.1) is 11.3 Å². The van der Waals surface area contributed by atoms with Crippen molar-refractivity contribution in [3.05, 3.63) is 20.3 Å². The minimum Gasteiger partial charge on any atom is -0.465 e. The van der Waals surface area contributed by atoms with Crippen molar-refractivity contribution in [2.24, 2.45) is 5.92 Å². The van der Waals surface area contributed by atoms with Crippen molar-refractivity contribution in [1.82, 2.24) is 0 Å². The normalized spacial score (nSPS) is 10.6. The standard InChI is InChI=1S/C13H17BrO4S/c1-4-17-12(15)10(13(16)18-5-2)6-9-7-11(14)19-8(9)3/h7,10H,4-6H2,1-3H3. The van der Waals surface area contributed by atoms with E-state index >= 15 is 0 Å². The van der Waals surface area contributed by atoms with Crippen molar-refractivity contribution < 1.29 is 19.1 Å². The van der Waals surface area contributed by atoms with Gasteiger partial charge in [0.1, 0.15) is 0 Å². The Bertz CT molecular complexity index is 437. The van der Waals surface area contributed by atoms with Crippen molar-refractivity contribution in [1.29, 1.82) is 0 Å². The number of aryl methyl sites for hydroxylation is 1. The molecule has 0 fully saturated rings. The van der Waals surface area contributed by atoms with Crippen molar-refractivity contribution in [3.8, 4) is 0 Å². The Morgan fingerprint density at radius 1 is 1.26 bits per heavy atom. The number of halogens is 1. The fourth-order valence-corrected chi connectivity index (χ4v) is 3.42. The van der Waals surface area contributed by atoms with E-state index < -0.39 is 17.9 Å². The van der Waals surface area contributed by atoms with E-state index in [1.54, 1.807) is 25.2 Å². The monoisotopic (exact) mass is 348 g/mol. The van der Waals surface area contributed by atoms with Crippen LogP contribution in [-0.4, -0.2) is 25.2 Å². The van der Waals surface area contributed by atoms with Gasteiger partial charge in [-0.05, 0) is 54.8 Å². The summed E-state index contributed by atoms with van der Waals surface area (Å²) in [6.07, 6.45) is 0.311. The molecule has 0 amide bonds. The maximum atomic E-state index is 11.9. The zero-order valence-electron chi connectivity index (χ0n) is 11.2. The lowest BCUT2D eigenvalue weighted by atomic mass is 10.0. The topological polar surface area (TPSA) is 52.6 Å². The molecule has 0 unspecified atom stereocenters. The van der Waals surface area contributed by atoms with Gasteiger partial charge in [-0.1, -0.05) is 0 Å². The second-order valence-electron chi connectivity index (χ2n) is 3.89. The molecule has 1 heterocycles. The highest BCUT2D eigenvalue weighted by Crippen LogP contribution is 2.28. The zero-order chi connectivity index (χ0) is 14.4. The predicted molar refractivity (Wildman–Crippen MR) is 77.2 cm³/mol. The van der Waals surface area contributed by atoms with Crippen LogP contribution >= 0.6 is 27.3 Å². The van der Waals surface area contributed by atoms with Gasteiger partial charge in [-0.25, -0.2) is 0 Å². The Hall–Kier alpha value is -0.880. The van der Waals surface area contributed by atoms with Crippen molar-refractivity contribution in [2.45, 2.75) is 27.2 Å². The van der Waals surface area contributed by atoms with Gasteiger partial charge in [0.05, 0.1) is 17.0 Å². The lowest BCUT2D eigenvalue weighted by Crippen LogP contribution is -2.30. The quantitative estimate of drug-likeness (QED) is 0.585. The van der Waals surface area contributed by atoms with E-state index in [0.717, 1.165) is 14.2 Å². The zero-order valence-corrected chi connectivity index (χ0v) is 13.6. The summed E-state index contributed by atoms with van der Waals surface area (Å²) < 4.78 is 10.9. The van der Waals surface area contributed by atoms with Gasteiger partial charge >= 0.3 is 11.9 Å². The van der Waals surface area contributed by atoms with E-state index in [4.69, 9.17) is 9.47 Å². The van der Waals surface area contributed by atoms with Crippen LogP contribution in [0, 0.1) is 12.8 Å². The molecule has 0 aromatic carbocycles. The predicted octanol–water partition coefficient (Wildman–Crippen LogP) is 3.10. The molecule has 0 saturated carbocycles. The molecule has 0 aliphatic carbocycles. The molecular formula is C13H17BrO4S. The van der Waals surface area contributed by atoms with Gasteiger partial charge in [0.2, 0.25) is 0 Å². The minimum absolute atomic E-state index is 0.251. The number of carbonyl (C=O) groups is 2. The molecule has 0 aliphatic heterocycles. The molecule has 0 aliphatic rings. The number of carbonyl (C=O) groups excluding carboxylic acids is 2. The number of hydrogen-bond acceptors (Lipinski definition) is 5. The first kappa shape index (κ1) is 16.2. The summed E-state index contributed by atoms with van der Waals surface area (Å²) in [6, 6.07) is 1.92. The second-order valence-corrected chi connectivity index (χ2v) is 6.53. The molecule has 0 saturated heterocycles. The van der Waals surface area contributed by atoms with E-state index in [0.29, 0.717) is 6.42 Å². The fraction of sp³-hybridized carbons (Fsp3) is 0.538. The Balaban J connectivity index is 2.87. The van der Waals surface area contributed by atoms with Crippen LogP contribution in [0.25, 0.3) is 0 Å². The number of esters is 2. The summed E-state index contributed by atoms with van der Waals surface area (Å²) in [6.45, 7) is 5.89. The fourth-order valence-electron chi connectivity index (χ4n) is 1.65. The Morgan fingerprint density at radius 2 is 1.79 bits per heavy atom. The Labute approximate surface area is 125 Å². The molecule has 0 N–H and O–H groups in total. The van der Waals surface area contributed by atoms with E-state index in [9.17, 15) is 9.59 Å². The lowest BCUT2D eigenvalue weighted by molar-refractivity contribution is -0.161. The molecule has 0 radical (unpaired) electrons. The van der Waals surface area contributed by atoms with Crippen LogP contribution in [0.2, 0.25) is 0 Å². The molecule has 0 bridgehead atoms. The third kappa shape index (κ3) is 4.62. The molecule has 1 aromatic rings. The van der Waals surface area contributed by atoms with Crippen LogP contribution in [0.5, 0.6) is 0 Å². The van der Waals surface area contributed by atoms with Crippen molar-refractivity contribution in [3.63, 3.8) is 0 Å². The maximum absolute atomic E-state index is 11.9. The summed E-state index contributed by atoms with van der Waals surface area (Å²) in [7, 11) is 0. The second kappa shape index (κ2) is 7.65. The first-order chi connectivity index (χ1) is 8.99. The number of ether oxygens (including phenoxy) is 2. The first-order valence-corrected chi connectivity index (χ1v) is 7.68. The van der Waals surface area contributed by atoms with Gasteiger partial charge in [0.25, 0.3) is 0 Å². The summed E-state index contributed by atoms with van der Waals surface area (Å²) in [5.74, 6) is -1.94. The lowest BCUT2D eigenvalue weighted by Gasteiger charge is -2.14. The molecule has 19 heavy (non-hydrogen) atoms.